The van der Waals surface area contributed by atoms with Crippen LogP contribution in [0.4, 0.5) is 0 Å². The highest BCUT2D eigenvalue weighted by molar-refractivity contribution is 5.78. The molecule has 1 amide bonds. The summed E-state index contributed by atoms with van der Waals surface area (Å²) in [6, 6.07) is 0. The van der Waals surface area contributed by atoms with Gasteiger partial charge in [0.15, 0.2) is 0 Å². The van der Waals surface area contributed by atoms with Crippen molar-refractivity contribution in [3.05, 3.63) is 0 Å². The average molecular weight is 186 g/mol. The molecule has 1 aliphatic carbocycles. The Morgan fingerprint density at radius 2 is 2.08 bits per heavy atom. The van der Waals surface area contributed by atoms with Gasteiger partial charge >= 0.3 is 0 Å². The fraction of sp³-hybridized carbons (Fsp3) is 0.889. The van der Waals surface area contributed by atoms with E-state index in [4.69, 9.17) is 16.2 Å². The predicted octanol–water partition coefficient (Wildman–Crippen LogP) is 0.148. The fourth-order valence-corrected chi connectivity index (χ4v) is 1.82. The molecule has 1 atom stereocenters. The highest BCUT2D eigenvalue weighted by Crippen LogP contribution is 2.33. The largest absolute Gasteiger partial charge is 0.367 e. The maximum Gasteiger partial charge on any atom is 0.246 e. The van der Waals surface area contributed by atoms with E-state index >= 15 is 0 Å². The Kier molecular flexibility index (Phi) is 3.27. The van der Waals surface area contributed by atoms with Crippen LogP contribution in [0.5, 0.6) is 0 Å². The SMILES string of the molecule is CC(OC1(CN)CCCC1)C(N)=O. The maximum absolute atomic E-state index is 10.8. The molecule has 1 saturated carbocycles. The maximum atomic E-state index is 10.8. The van der Waals surface area contributed by atoms with Crippen LogP contribution in [-0.4, -0.2) is 24.2 Å². The highest BCUT2D eigenvalue weighted by atomic mass is 16.5. The van der Waals surface area contributed by atoms with Crippen LogP contribution in [0.15, 0.2) is 0 Å². The first-order chi connectivity index (χ1) is 6.09. The summed E-state index contributed by atoms with van der Waals surface area (Å²) in [6.45, 7) is 2.16. The number of carbonyl (C=O) groups is 1. The lowest BCUT2D eigenvalue weighted by molar-refractivity contribution is -0.140. The first-order valence-electron chi connectivity index (χ1n) is 4.77. The fourth-order valence-electron chi connectivity index (χ4n) is 1.82. The van der Waals surface area contributed by atoms with Gasteiger partial charge in [-0.2, -0.15) is 0 Å². The summed E-state index contributed by atoms with van der Waals surface area (Å²) in [7, 11) is 0. The van der Waals surface area contributed by atoms with E-state index in [1.807, 2.05) is 0 Å². The number of carbonyl (C=O) groups excluding carboxylic acids is 1. The van der Waals surface area contributed by atoms with Crippen molar-refractivity contribution in [2.75, 3.05) is 6.54 Å². The lowest BCUT2D eigenvalue weighted by Crippen LogP contribution is -2.44. The minimum atomic E-state index is -0.526. The van der Waals surface area contributed by atoms with Gasteiger partial charge in [0.25, 0.3) is 0 Å². The Morgan fingerprint density at radius 3 is 2.46 bits per heavy atom. The zero-order valence-corrected chi connectivity index (χ0v) is 8.08. The smallest absolute Gasteiger partial charge is 0.246 e. The monoisotopic (exact) mass is 186 g/mol. The van der Waals surface area contributed by atoms with E-state index in [1.165, 1.54) is 0 Å². The van der Waals surface area contributed by atoms with Gasteiger partial charge in [-0.25, -0.2) is 0 Å². The van der Waals surface area contributed by atoms with Gasteiger partial charge in [0, 0.05) is 6.54 Å². The first-order valence-corrected chi connectivity index (χ1v) is 4.77. The number of hydrogen-bond acceptors (Lipinski definition) is 3. The Hall–Kier alpha value is -0.610. The lowest BCUT2D eigenvalue weighted by Gasteiger charge is -2.30. The molecule has 0 aliphatic heterocycles. The summed E-state index contributed by atoms with van der Waals surface area (Å²) in [5.41, 5.74) is 10.5. The van der Waals surface area contributed by atoms with Gasteiger partial charge in [-0.15, -0.1) is 0 Å². The van der Waals surface area contributed by atoms with Crippen LogP contribution in [0.3, 0.4) is 0 Å². The van der Waals surface area contributed by atoms with Crippen molar-refractivity contribution in [1.82, 2.24) is 0 Å². The molecule has 4 heteroatoms. The number of primary amides is 1. The van der Waals surface area contributed by atoms with Crippen LogP contribution in [-0.2, 0) is 9.53 Å². The van der Waals surface area contributed by atoms with Gasteiger partial charge in [-0.05, 0) is 19.8 Å². The molecular formula is C9H18N2O2. The van der Waals surface area contributed by atoms with E-state index in [2.05, 4.69) is 0 Å². The van der Waals surface area contributed by atoms with E-state index in [0.717, 1.165) is 25.7 Å². The molecule has 0 spiro atoms. The van der Waals surface area contributed by atoms with Crippen molar-refractivity contribution in [3.63, 3.8) is 0 Å². The third-order valence-electron chi connectivity index (χ3n) is 2.71. The highest BCUT2D eigenvalue weighted by Gasteiger charge is 2.35. The van der Waals surface area contributed by atoms with Crippen molar-refractivity contribution >= 4 is 5.91 Å². The van der Waals surface area contributed by atoms with E-state index in [-0.39, 0.29) is 5.60 Å². The Labute approximate surface area is 78.6 Å². The van der Waals surface area contributed by atoms with E-state index in [9.17, 15) is 4.79 Å². The summed E-state index contributed by atoms with van der Waals surface area (Å²) in [6.07, 6.45) is 3.62. The Bertz CT molecular complexity index is 188. The first kappa shape index (κ1) is 10.5. The van der Waals surface area contributed by atoms with E-state index in [1.54, 1.807) is 6.92 Å². The summed E-state index contributed by atoms with van der Waals surface area (Å²) < 4.78 is 5.61. The van der Waals surface area contributed by atoms with E-state index < -0.39 is 12.0 Å². The molecule has 1 fully saturated rings. The standard InChI is InChI=1S/C9H18N2O2/c1-7(8(11)12)13-9(6-10)4-2-3-5-9/h7H,2-6,10H2,1H3,(H2,11,12). The van der Waals surface area contributed by atoms with Gasteiger partial charge in [-0.1, -0.05) is 12.8 Å². The Balaban J connectivity index is 2.52. The molecule has 1 aliphatic rings. The molecule has 76 valence electrons. The quantitative estimate of drug-likeness (QED) is 0.656. The molecule has 0 heterocycles. The number of ether oxygens (including phenoxy) is 1. The number of rotatable bonds is 4. The van der Waals surface area contributed by atoms with Gasteiger partial charge in [0.2, 0.25) is 5.91 Å². The number of nitrogens with two attached hydrogens (primary N) is 2. The van der Waals surface area contributed by atoms with Crippen LogP contribution in [0.25, 0.3) is 0 Å². The van der Waals surface area contributed by atoms with Crippen LogP contribution >= 0.6 is 0 Å². The number of amides is 1. The van der Waals surface area contributed by atoms with Crippen molar-refractivity contribution in [1.29, 1.82) is 0 Å². The third-order valence-corrected chi connectivity index (χ3v) is 2.71. The topological polar surface area (TPSA) is 78.3 Å². The van der Waals surface area contributed by atoms with Crippen LogP contribution in [0.2, 0.25) is 0 Å². The van der Waals surface area contributed by atoms with Gasteiger partial charge in [0.1, 0.15) is 6.10 Å². The van der Waals surface area contributed by atoms with Gasteiger partial charge in [0.05, 0.1) is 5.60 Å². The van der Waals surface area contributed by atoms with Gasteiger partial charge in [-0.3, -0.25) is 4.79 Å². The van der Waals surface area contributed by atoms with E-state index in [0.29, 0.717) is 6.54 Å². The van der Waals surface area contributed by atoms with Crippen molar-refractivity contribution in [3.8, 4) is 0 Å². The number of hydrogen-bond donors (Lipinski definition) is 2. The lowest BCUT2D eigenvalue weighted by atomic mass is 10.0. The predicted molar refractivity (Wildman–Crippen MR) is 50.0 cm³/mol. The zero-order valence-electron chi connectivity index (χ0n) is 8.08. The molecule has 0 saturated heterocycles. The van der Waals surface area contributed by atoms with Gasteiger partial charge < -0.3 is 16.2 Å². The third kappa shape index (κ3) is 2.42. The molecule has 0 aromatic carbocycles. The second-order valence-electron chi connectivity index (χ2n) is 3.76. The molecule has 4 nitrogen and oxygen atoms in total. The normalized spacial score (nSPS) is 22.9. The Morgan fingerprint density at radius 1 is 1.54 bits per heavy atom. The summed E-state index contributed by atoms with van der Waals surface area (Å²) in [4.78, 5) is 10.8. The minimum Gasteiger partial charge on any atom is -0.367 e. The second kappa shape index (κ2) is 4.07. The average Bonchev–Trinajstić information content (AvgIpc) is 2.54. The molecule has 0 aromatic rings. The van der Waals surface area contributed by atoms with Crippen molar-refractivity contribution in [2.24, 2.45) is 11.5 Å². The summed E-state index contributed by atoms with van der Waals surface area (Å²) in [5.74, 6) is -0.417. The molecule has 4 N–H and O–H groups in total. The van der Waals surface area contributed by atoms with Crippen LogP contribution in [0.1, 0.15) is 32.6 Å². The minimum absolute atomic E-state index is 0.283. The molecular weight excluding hydrogens is 168 g/mol. The molecule has 0 radical (unpaired) electrons. The summed E-state index contributed by atoms with van der Waals surface area (Å²) in [5, 5.41) is 0. The molecule has 0 aromatic heterocycles. The van der Waals surface area contributed by atoms with Crippen LogP contribution < -0.4 is 11.5 Å². The zero-order chi connectivity index (χ0) is 9.90. The molecule has 0 bridgehead atoms. The van der Waals surface area contributed by atoms with Crippen LogP contribution in [0, 0.1) is 0 Å². The molecule has 1 rings (SSSR count). The molecule has 13 heavy (non-hydrogen) atoms. The second-order valence-corrected chi connectivity index (χ2v) is 3.76. The van der Waals surface area contributed by atoms with Crippen molar-refractivity contribution < 1.29 is 9.53 Å². The van der Waals surface area contributed by atoms with Crippen molar-refractivity contribution in [2.45, 2.75) is 44.3 Å². The molecule has 1 unspecified atom stereocenters. The summed E-state index contributed by atoms with van der Waals surface area (Å²) >= 11 is 0.